The van der Waals surface area contributed by atoms with Gasteiger partial charge in [-0.15, -0.1) is 0 Å². The van der Waals surface area contributed by atoms with Crippen molar-refractivity contribution >= 4 is 32.6 Å². The summed E-state index contributed by atoms with van der Waals surface area (Å²) < 4.78 is 72.9. The highest BCUT2D eigenvalue weighted by molar-refractivity contribution is 7.91. The Hall–Kier alpha value is -5.03. The number of hydrogen-bond acceptors (Lipinski definition) is 6. The summed E-state index contributed by atoms with van der Waals surface area (Å²) in [4.78, 5) is 30.2. The number of hydrogen-bond donors (Lipinski definition) is 0. The van der Waals surface area contributed by atoms with Crippen LogP contribution in [0.15, 0.2) is 108 Å². The zero-order valence-electron chi connectivity index (χ0n) is 22.9. The van der Waals surface area contributed by atoms with Crippen molar-refractivity contribution < 1.29 is 35.9 Å². The molecule has 5 aromatic rings. The van der Waals surface area contributed by atoms with Gasteiger partial charge >= 0.3 is 6.18 Å². The van der Waals surface area contributed by atoms with Crippen LogP contribution in [0.25, 0.3) is 22.0 Å². The number of halogens is 3. The van der Waals surface area contributed by atoms with E-state index in [1.807, 2.05) is 0 Å². The summed E-state index contributed by atoms with van der Waals surface area (Å²) in [6, 6.07) is 24.6. The van der Waals surface area contributed by atoms with E-state index in [2.05, 4.69) is 4.98 Å². The molecule has 0 N–H and O–H groups in total. The standard InChI is InChI=1S/C33H23F3N2O5S/c34-33(35,36)29-14-5-13-26-25(15-16-37-30(26)29)21-7-3-8-22(19-21)43-23-9-4-10-24(20-23)44(41,42)18-6-17-38-31(39)27-11-1-2-12-28(27)32(38)40/h1-5,7-16,19-20H,6,17-18H2. The summed E-state index contributed by atoms with van der Waals surface area (Å²) in [6.45, 7) is -0.0390. The van der Waals surface area contributed by atoms with Crippen LogP contribution in [-0.2, 0) is 16.0 Å². The molecule has 222 valence electrons. The number of carbonyl (C=O) groups is 2. The first kappa shape index (κ1) is 29.1. The largest absolute Gasteiger partial charge is 0.457 e. The smallest absolute Gasteiger partial charge is 0.418 e. The lowest BCUT2D eigenvalue weighted by atomic mass is 9.99. The molecule has 0 aliphatic carbocycles. The van der Waals surface area contributed by atoms with Gasteiger partial charge in [-0.2, -0.15) is 13.2 Å². The van der Waals surface area contributed by atoms with Crippen molar-refractivity contribution in [3.05, 3.63) is 120 Å². The van der Waals surface area contributed by atoms with Gasteiger partial charge in [-0.25, -0.2) is 8.42 Å². The van der Waals surface area contributed by atoms with Crippen molar-refractivity contribution in [2.75, 3.05) is 12.3 Å². The van der Waals surface area contributed by atoms with Gasteiger partial charge in [-0.1, -0.05) is 42.5 Å². The highest BCUT2D eigenvalue weighted by Crippen LogP contribution is 2.38. The number of alkyl halides is 3. The predicted octanol–water partition coefficient (Wildman–Crippen LogP) is 7.17. The number of fused-ring (bicyclic) bond motifs is 2. The van der Waals surface area contributed by atoms with Crippen molar-refractivity contribution in [3.8, 4) is 22.6 Å². The topological polar surface area (TPSA) is 93.6 Å². The van der Waals surface area contributed by atoms with Gasteiger partial charge in [0.05, 0.1) is 32.9 Å². The Morgan fingerprint density at radius 3 is 2.11 bits per heavy atom. The Morgan fingerprint density at radius 1 is 0.750 bits per heavy atom. The highest BCUT2D eigenvalue weighted by Gasteiger charge is 2.35. The lowest BCUT2D eigenvalue weighted by Gasteiger charge is -2.14. The number of imide groups is 1. The molecule has 7 nitrogen and oxygen atoms in total. The van der Waals surface area contributed by atoms with Gasteiger partial charge in [-0.05, 0) is 72.1 Å². The van der Waals surface area contributed by atoms with Gasteiger partial charge < -0.3 is 4.74 Å². The van der Waals surface area contributed by atoms with Crippen LogP contribution >= 0.6 is 0 Å². The average Bonchev–Trinajstić information content (AvgIpc) is 3.25. The molecule has 1 aliphatic heterocycles. The fraction of sp³-hybridized carbons (Fsp3) is 0.121. The normalized spacial score (nSPS) is 13.4. The van der Waals surface area contributed by atoms with Crippen LogP contribution in [0.1, 0.15) is 32.7 Å². The molecular weight excluding hydrogens is 593 g/mol. The lowest BCUT2D eigenvalue weighted by molar-refractivity contribution is -0.136. The van der Waals surface area contributed by atoms with Crippen LogP contribution in [0.3, 0.4) is 0 Å². The molecule has 0 spiro atoms. The second-order valence-corrected chi connectivity index (χ2v) is 12.3. The molecule has 0 saturated carbocycles. The molecule has 44 heavy (non-hydrogen) atoms. The Bertz CT molecular complexity index is 2010. The number of rotatable bonds is 8. The number of amides is 2. The minimum absolute atomic E-state index is 0.00771. The van der Waals surface area contributed by atoms with Crippen LogP contribution < -0.4 is 4.74 Å². The molecule has 0 unspecified atom stereocenters. The number of ether oxygens (including phenoxy) is 1. The van der Waals surface area contributed by atoms with Crippen molar-refractivity contribution in [1.29, 1.82) is 0 Å². The van der Waals surface area contributed by atoms with Gasteiger partial charge in [-0.3, -0.25) is 19.5 Å². The van der Waals surface area contributed by atoms with E-state index in [1.54, 1.807) is 66.7 Å². The van der Waals surface area contributed by atoms with Crippen LogP contribution in [0.5, 0.6) is 11.5 Å². The molecule has 1 aromatic heterocycles. The van der Waals surface area contributed by atoms with Crippen molar-refractivity contribution in [3.63, 3.8) is 0 Å². The van der Waals surface area contributed by atoms with E-state index in [9.17, 15) is 31.2 Å². The average molecular weight is 617 g/mol. The molecule has 4 aromatic carbocycles. The maximum Gasteiger partial charge on any atom is 0.418 e. The third-order valence-electron chi connectivity index (χ3n) is 7.29. The fourth-order valence-corrected chi connectivity index (χ4v) is 6.55. The Morgan fingerprint density at radius 2 is 1.41 bits per heavy atom. The Balaban J connectivity index is 1.18. The van der Waals surface area contributed by atoms with Gasteiger partial charge in [0.1, 0.15) is 11.5 Å². The number of pyridine rings is 1. The second-order valence-electron chi connectivity index (χ2n) is 10.1. The molecule has 2 heterocycles. The zero-order chi connectivity index (χ0) is 31.1. The summed E-state index contributed by atoms with van der Waals surface area (Å²) >= 11 is 0. The van der Waals surface area contributed by atoms with Crippen LogP contribution in [0.4, 0.5) is 13.2 Å². The van der Waals surface area contributed by atoms with Crippen LogP contribution in [-0.4, -0.2) is 42.4 Å². The fourth-order valence-electron chi connectivity index (χ4n) is 5.22. The minimum atomic E-state index is -4.56. The van der Waals surface area contributed by atoms with E-state index in [4.69, 9.17) is 4.74 Å². The maximum atomic E-state index is 13.6. The van der Waals surface area contributed by atoms with Gasteiger partial charge in [0.15, 0.2) is 9.84 Å². The first-order valence-electron chi connectivity index (χ1n) is 13.5. The molecule has 0 fully saturated rings. The monoisotopic (exact) mass is 616 g/mol. The molecule has 0 bridgehead atoms. The molecule has 0 atom stereocenters. The van der Waals surface area contributed by atoms with Gasteiger partial charge in [0.25, 0.3) is 11.8 Å². The predicted molar refractivity (Wildman–Crippen MR) is 157 cm³/mol. The van der Waals surface area contributed by atoms with E-state index < -0.39 is 33.4 Å². The number of para-hydroxylation sites is 1. The van der Waals surface area contributed by atoms with Gasteiger partial charge in [0.2, 0.25) is 0 Å². The summed E-state index contributed by atoms with van der Waals surface area (Å²) in [7, 11) is -3.79. The minimum Gasteiger partial charge on any atom is -0.457 e. The number of aromatic nitrogens is 1. The first-order valence-corrected chi connectivity index (χ1v) is 15.2. The molecule has 0 radical (unpaired) electrons. The lowest BCUT2D eigenvalue weighted by Crippen LogP contribution is -2.31. The molecule has 2 amide bonds. The SMILES string of the molecule is O=C1c2ccccc2C(=O)N1CCCS(=O)(=O)c1cccc(Oc2cccc(-c3ccnc4c(C(F)(F)F)cccc34)c2)c1. The highest BCUT2D eigenvalue weighted by atomic mass is 32.2. The molecule has 0 saturated heterocycles. The van der Waals surface area contributed by atoms with Crippen LogP contribution in [0.2, 0.25) is 0 Å². The van der Waals surface area contributed by atoms with E-state index in [-0.39, 0.29) is 34.9 Å². The number of benzene rings is 4. The first-order chi connectivity index (χ1) is 21.0. The van der Waals surface area contributed by atoms with Gasteiger partial charge in [0, 0.05) is 18.1 Å². The number of nitrogens with zero attached hydrogens (tertiary/aromatic N) is 2. The molecule has 6 rings (SSSR count). The quantitative estimate of drug-likeness (QED) is 0.172. The van der Waals surface area contributed by atoms with E-state index in [1.165, 1.54) is 30.5 Å². The van der Waals surface area contributed by atoms with Crippen molar-refractivity contribution in [2.45, 2.75) is 17.5 Å². The van der Waals surface area contributed by atoms with E-state index in [0.29, 0.717) is 33.4 Å². The summed E-state index contributed by atoms with van der Waals surface area (Å²) in [5.41, 5.74) is 0.734. The molecule has 11 heteroatoms. The third-order valence-corrected chi connectivity index (χ3v) is 9.09. The summed E-state index contributed by atoms with van der Waals surface area (Å²) in [6.07, 6.45) is -3.18. The molecular formula is C33H23F3N2O5S. The summed E-state index contributed by atoms with van der Waals surface area (Å²) in [5.74, 6) is -0.599. The zero-order valence-corrected chi connectivity index (χ0v) is 23.7. The Labute approximate surface area is 250 Å². The van der Waals surface area contributed by atoms with E-state index in [0.717, 1.165) is 11.0 Å². The number of sulfone groups is 1. The number of carbonyl (C=O) groups excluding carboxylic acids is 2. The Kier molecular flexibility index (Phi) is 7.42. The summed E-state index contributed by atoms with van der Waals surface area (Å²) in [5, 5.41) is 0.328. The maximum absolute atomic E-state index is 13.6. The van der Waals surface area contributed by atoms with Crippen LogP contribution in [0, 0.1) is 0 Å². The van der Waals surface area contributed by atoms with E-state index >= 15 is 0 Å². The molecule has 1 aliphatic rings. The van der Waals surface area contributed by atoms with Crippen molar-refractivity contribution in [1.82, 2.24) is 9.88 Å². The third kappa shape index (κ3) is 5.53. The van der Waals surface area contributed by atoms with Crippen molar-refractivity contribution in [2.24, 2.45) is 0 Å². The second kappa shape index (κ2) is 11.2.